The molecule has 0 fully saturated rings. The highest BCUT2D eigenvalue weighted by molar-refractivity contribution is 7.80. The van der Waals surface area contributed by atoms with Crippen molar-refractivity contribution in [2.75, 3.05) is 6.54 Å². The molecular weight excluding hydrogens is 275 g/mol. The predicted molar refractivity (Wildman–Crippen MR) is 62.2 cm³/mol. The third-order valence-corrected chi connectivity index (χ3v) is 2.70. The van der Waals surface area contributed by atoms with Crippen molar-refractivity contribution in [2.45, 2.75) is 11.4 Å². The Morgan fingerprint density at radius 1 is 1.35 bits per heavy atom. The van der Waals surface area contributed by atoms with E-state index in [-0.39, 0.29) is 6.54 Å². The molecule has 1 aromatic carbocycles. The summed E-state index contributed by atoms with van der Waals surface area (Å²) in [5, 5.41) is 1.77. The van der Waals surface area contributed by atoms with Crippen LogP contribution in [0.25, 0.3) is 0 Å². The molecule has 7 heteroatoms. The second kappa shape index (κ2) is 5.64. The Hall–Kier alpha value is -0.880. The van der Waals surface area contributed by atoms with Crippen LogP contribution in [0.2, 0.25) is 5.02 Å². The second-order valence-electron chi connectivity index (χ2n) is 3.28. The van der Waals surface area contributed by atoms with E-state index in [1.165, 1.54) is 0 Å². The number of alkyl halides is 3. The Morgan fingerprint density at radius 3 is 2.35 bits per heavy atom. The lowest BCUT2D eigenvalue weighted by atomic mass is 10.1. The van der Waals surface area contributed by atoms with Crippen molar-refractivity contribution in [3.63, 3.8) is 0 Å². The Labute approximate surface area is 107 Å². The highest BCUT2D eigenvalue weighted by Crippen LogP contribution is 2.21. The summed E-state index contributed by atoms with van der Waals surface area (Å²) >= 11 is 9.76. The number of benzene rings is 1. The molecule has 1 atom stereocenters. The summed E-state index contributed by atoms with van der Waals surface area (Å²) in [5.74, 6) is -1.97. The number of halogens is 4. The summed E-state index contributed by atoms with van der Waals surface area (Å²) in [6, 6.07) is 6.48. The van der Waals surface area contributed by atoms with E-state index in [1.807, 2.05) is 0 Å². The Balaban J connectivity index is 2.53. The number of amides is 1. The van der Waals surface area contributed by atoms with Gasteiger partial charge < -0.3 is 5.32 Å². The van der Waals surface area contributed by atoms with Crippen LogP contribution >= 0.6 is 24.2 Å². The van der Waals surface area contributed by atoms with E-state index in [0.717, 1.165) is 0 Å². The molecule has 1 rings (SSSR count). The van der Waals surface area contributed by atoms with E-state index >= 15 is 0 Å². The Morgan fingerprint density at radius 2 is 1.88 bits per heavy atom. The van der Waals surface area contributed by atoms with Crippen LogP contribution in [0.3, 0.4) is 0 Å². The summed E-state index contributed by atoms with van der Waals surface area (Å²) in [7, 11) is 0. The summed E-state index contributed by atoms with van der Waals surface area (Å²) in [6.07, 6.45) is -4.87. The molecule has 0 saturated heterocycles. The molecule has 17 heavy (non-hydrogen) atoms. The lowest BCUT2D eigenvalue weighted by molar-refractivity contribution is -0.173. The van der Waals surface area contributed by atoms with Crippen LogP contribution in [0.1, 0.15) is 10.8 Å². The topological polar surface area (TPSA) is 29.1 Å². The first-order valence-electron chi connectivity index (χ1n) is 4.59. The number of carbonyl (C=O) groups is 1. The first-order chi connectivity index (χ1) is 7.80. The van der Waals surface area contributed by atoms with Gasteiger partial charge in [0.25, 0.3) is 0 Å². The van der Waals surface area contributed by atoms with Gasteiger partial charge in [-0.2, -0.15) is 25.8 Å². The van der Waals surface area contributed by atoms with Crippen LogP contribution in [-0.2, 0) is 4.79 Å². The minimum absolute atomic E-state index is 0.205. The molecule has 0 bridgehead atoms. The van der Waals surface area contributed by atoms with Gasteiger partial charge in [-0.05, 0) is 17.7 Å². The second-order valence-corrected chi connectivity index (χ2v) is 4.33. The van der Waals surface area contributed by atoms with Crippen molar-refractivity contribution in [3.05, 3.63) is 34.9 Å². The number of thiol groups is 1. The molecule has 1 unspecified atom stereocenters. The van der Waals surface area contributed by atoms with Gasteiger partial charge in [0, 0.05) is 16.8 Å². The van der Waals surface area contributed by atoms with E-state index in [0.29, 0.717) is 10.6 Å². The fourth-order valence-electron chi connectivity index (χ4n) is 1.09. The highest BCUT2D eigenvalue weighted by Gasteiger charge is 2.38. The van der Waals surface area contributed by atoms with Gasteiger partial charge in [-0.25, -0.2) is 0 Å². The van der Waals surface area contributed by atoms with E-state index in [9.17, 15) is 18.0 Å². The summed E-state index contributed by atoms with van der Waals surface area (Å²) in [4.78, 5) is 10.6. The predicted octanol–water partition coefficient (Wildman–Crippen LogP) is 2.99. The quantitative estimate of drug-likeness (QED) is 0.821. The minimum atomic E-state index is -4.87. The maximum atomic E-state index is 11.9. The molecule has 0 aliphatic carbocycles. The van der Waals surface area contributed by atoms with Gasteiger partial charge in [0.15, 0.2) is 0 Å². The molecule has 0 aliphatic rings. The fourth-order valence-corrected chi connectivity index (χ4v) is 1.48. The SMILES string of the molecule is O=C(NCC(S)c1ccc(Cl)cc1)C(F)(F)F. The Kier molecular flexibility index (Phi) is 4.70. The maximum Gasteiger partial charge on any atom is 0.471 e. The minimum Gasteiger partial charge on any atom is -0.347 e. The smallest absolute Gasteiger partial charge is 0.347 e. The molecule has 0 saturated carbocycles. The van der Waals surface area contributed by atoms with Crippen molar-refractivity contribution >= 4 is 30.1 Å². The van der Waals surface area contributed by atoms with Crippen LogP contribution in [0, 0.1) is 0 Å². The highest BCUT2D eigenvalue weighted by atomic mass is 35.5. The Bertz CT molecular complexity index is 394. The molecule has 0 heterocycles. The van der Waals surface area contributed by atoms with Gasteiger partial charge in [0.1, 0.15) is 0 Å². The maximum absolute atomic E-state index is 11.9. The standard InChI is InChI=1S/C10H9ClF3NOS/c11-7-3-1-6(2-4-7)8(17)5-15-9(16)10(12,13)14/h1-4,8,17H,5H2,(H,15,16). The van der Waals surface area contributed by atoms with E-state index < -0.39 is 17.3 Å². The zero-order chi connectivity index (χ0) is 13.1. The fraction of sp³-hybridized carbons (Fsp3) is 0.300. The van der Waals surface area contributed by atoms with Gasteiger partial charge in [0.05, 0.1) is 0 Å². The van der Waals surface area contributed by atoms with Gasteiger partial charge in [-0.3, -0.25) is 4.79 Å². The van der Waals surface area contributed by atoms with Gasteiger partial charge in [0.2, 0.25) is 0 Å². The molecule has 1 N–H and O–H groups in total. The molecule has 0 spiro atoms. The molecule has 94 valence electrons. The third-order valence-electron chi connectivity index (χ3n) is 1.97. The molecule has 1 aromatic rings. The van der Waals surface area contributed by atoms with Gasteiger partial charge >= 0.3 is 12.1 Å². The van der Waals surface area contributed by atoms with E-state index in [2.05, 4.69) is 12.6 Å². The molecule has 0 aromatic heterocycles. The lowest BCUT2D eigenvalue weighted by Crippen LogP contribution is -2.38. The first-order valence-corrected chi connectivity index (χ1v) is 5.48. The number of hydrogen-bond acceptors (Lipinski definition) is 2. The zero-order valence-corrected chi connectivity index (χ0v) is 10.1. The number of nitrogens with one attached hydrogen (secondary N) is 1. The molecule has 0 radical (unpaired) electrons. The van der Waals surface area contributed by atoms with Crippen LogP contribution in [0.15, 0.2) is 24.3 Å². The normalized spacial score (nSPS) is 13.2. The molecule has 1 amide bonds. The number of rotatable bonds is 3. The number of hydrogen-bond donors (Lipinski definition) is 2. The molecule has 2 nitrogen and oxygen atoms in total. The summed E-state index contributed by atoms with van der Waals surface area (Å²) in [6.45, 7) is -0.205. The van der Waals surface area contributed by atoms with E-state index in [1.54, 1.807) is 29.6 Å². The summed E-state index contributed by atoms with van der Waals surface area (Å²) < 4.78 is 35.7. The monoisotopic (exact) mass is 283 g/mol. The molecule has 0 aliphatic heterocycles. The molecular formula is C10H9ClF3NOS. The third kappa shape index (κ3) is 4.47. The van der Waals surface area contributed by atoms with Crippen LogP contribution in [0.5, 0.6) is 0 Å². The average Bonchev–Trinajstić information content (AvgIpc) is 2.25. The van der Waals surface area contributed by atoms with Gasteiger partial charge in [-0.1, -0.05) is 23.7 Å². The van der Waals surface area contributed by atoms with E-state index in [4.69, 9.17) is 11.6 Å². The van der Waals surface area contributed by atoms with Crippen molar-refractivity contribution in [1.29, 1.82) is 0 Å². The number of carbonyl (C=O) groups excluding carboxylic acids is 1. The first kappa shape index (κ1) is 14.2. The van der Waals surface area contributed by atoms with Crippen molar-refractivity contribution in [3.8, 4) is 0 Å². The zero-order valence-electron chi connectivity index (χ0n) is 8.46. The van der Waals surface area contributed by atoms with Crippen LogP contribution < -0.4 is 5.32 Å². The lowest BCUT2D eigenvalue weighted by Gasteiger charge is -2.13. The van der Waals surface area contributed by atoms with Crippen molar-refractivity contribution in [1.82, 2.24) is 5.32 Å². The summed E-state index contributed by atoms with van der Waals surface area (Å²) in [5.41, 5.74) is 0.681. The van der Waals surface area contributed by atoms with Crippen molar-refractivity contribution in [2.24, 2.45) is 0 Å². The van der Waals surface area contributed by atoms with Crippen LogP contribution in [0.4, 0.5) is 13.2 Å². The van der Waals surface area contributed by atoms with Crippen molar-refractivity contribution < 1.29 is 18.0 Å². The van der Waals surface area contributed by atoms with Gasteiger partial charge in [-0.15, -0.1) is 0 Å². The average molecular weight is 284 g/mol. The largest absolute Gasteiger partial charge is 0.471 e. The van der Waals surface area contributed by atoms with Crippen LogP contribution in [-0.4, -0.2) is 18.6 Å².